The highest BCUT2D eigenvalue weighted by molar-refractivity contribution is 5.90. The molecule has 0 saturated heterocycles. The summed E-state index contributed by atoms with van der Waals surface area (Å²) in [5.41, 5.74) is 0.830. The fourth-order valence-corrected chi connectivity index (χ4v) is 1.60. The molecule has 0 spiro atoms. The molecule has 0 radical (unpaired) electrons. The number of aromatic nitrogens is 2. The number of hydrogen-bond acceptors (Lipinski definition) is 5. The summed E-state index contributed by atoms with van der Waals surface area (Å²) >= 11 is 0. The number of rotatable bonds is 4. The van der Waals surface area contributed by atoms with Gasteiger partial charge in [0.1, 0.15) is 6.07 Å². The summed E-state index contributed by atoms with van der Waals surface area (Å²) in [7, 11) is 1.44. The van der Waals surface area contributed by atoms with Gasteiger partial charge in [0.2, 0.25) is 5.69 Å². The van der Waals surface area contributed by atoms with Crippen molar-refractivity contribution in [1.82, 2.24) is 9.78 Å². The van der Waals surface area contributed by atoms with Gasteiger partial charge in [-0.1, -0.05) is 18.2 Å². The minimum atomic E-state index is -0.839. The lowest BCUT2D eigenvalue weighted by atomic mass is 10.3. The Morgan fingerprint density at radius 3 is 2.70 bits per heavy atom. The molecule has 0 N–H and O–H groups in total. The van der Waals surface area contributed by atoms with Crippen molar-refractivity contribution in [3.8, 4) is 17.5 Å². The number of methoxy groups -OCH3 is 1. The molecule has 2 rings (SSSR count). The summed E-state index contributed by atoms with van der Waals surface area (Å²) in [6.07, 6.45) is 0.747. The zero-order chi connectivity index (χ0) is 14.5. The Morgan fingerprint density at radius 1 is 1.40 bits per heavy atom. The lowest BCUT2D eigenvalue weighted by molar-refractivity contribution is 0.0424. The first-order valence-corrected chi connectivity index (χ1v) is 5.95. The molecule has 2 aromatic rings. The first kappa shape index (κ1) is 13.6. The minimum absolute atomic E-state index is 0.0402. The van der Waals surface area contributed by atoms with Crippen LogP contribution in [0, 0.1) is 11.3 Å². The van der Waals surface area contributed by atoms with Crippen molar-refractivity contribution < 1.29 is 14.3 Å². The Labute approximate surface area is 116 Å². The molecular formula is C14H13N3O3. The van der Waals surface area contributed by atoms with Crippen LogP contribution in [0.3, 0.4) is 0 Å². The van der Waals surface area contributed by atoms with Crippen LogP contribution in [0.4, 0.5) is 0 Å². The molecule has 0 amide bonds. The molecule has 0 aliphatic rings. The van der Waals surface area contributed by atoms with E-state index < -0.39 is 12.1 Å². The van der Waals surface area contributed by atoms with Crippen LogP contribution in [-0.4, -0.2) is 29.0 Å². The summed E-state index contributed by atoms with van der Waals surface area (Å²) in [5, 5.41) is 12.8. The summed E-state index contributed by atoms with van der Waals surface area (Å²) in [6, 6.07) is 11.1. The van der Waals surface area contributed by atoms with Gasteiger partial charge >= 0.3 is 5.97 Å². The molecule has 0 saturated carbocycles. The number of nitrogens with zero attached hydrogens (tertiary/aromatic N) is 3. The molecule has 6 nitrogen and oxygen atoms in total. The second-order valence-corrected chi connectivity index (χ2v) is 4.00. The largest absolute Gasteiger partial charge is 0.493 e. The third kappa shape index (κ3) is 2.78. The molecule has 0 aliphatic carbocycles. The molecule has 0 fully saturated rings. The highest BCUT2D eigenvalue weighted by Crippen LogP contribution is 2.20. The van der Waals surface area contributed by atoms with E-state index in [0.717, 1.165) is 5.69 Å². The van der Waals surface area contributed by atoms with Gasteiger partial charge in [-0.3, -0.25) is 0 Å². The molecule has 1 heterocycles. The number of esters is 1. The van der Waals surface area contributed by atoms with Crippen LogP contribution in [0.25, 0.3) is 5.69 Å². The highest BCUT2D eigenvalue weighted by Gasteiger charge is 2.21. The fourth-order valence-electron chi connectivity index (χ4n) is 1.60. The molecule has 1 atom stereocenters. The number of carbonyl (C=O) groups excluding carboxylic acids is 1. The zero-order valence-corrected chi connectivity index (χ0v) is 11.1. The van der Waals surface area contributed by atoms with E-state index in [1.165, 1.54) is 18.7 Å². The van der Waals surface area contributed by atoms with Crippen molar-refractivity contribution in [2.45, 2.75) is 13.0 Å². The maximum atomic E-state index is 11.9. The summed E-state index contributed by atoms with van der Waals surface area (Å²) in [5.74, 6) is -0.394. The number of para-hydroxylation sites is 1. The summed E-state index contributed by atoms with van der Waals surface area (Å²) < 4.78 is 11.6. The third-order valence-corrected chi connectivity index (χ3v) is 2.58. The molecule has 1 aromatic carbocycles. The lowest BCUT2D eigenvalue weighted by Crippen LogP contribution is -2.14. The van der Waals surface area contributed by atoms with E-state index in [9.17, 15) is 4.79 Å². The van der Waals surface area contributed by atoms with Crippen molar-refractivity contribution in [2.24, 2.45) is 0 Å². The van der Waals surface area contributed by atoms with Crippen molar-refractivity contribution in [3.63, 3.8) is 0 Å². The van der Waals surface area contributed by atoms with E-state index in [1.54, 1.807) is 6.20 Å². The molecule has 0 bridgehead atoms. The highest BCUT2D eigenvalue weighted by atomic mass is 16.5. The molecule has 102 valence electrons. The molecular weight excluding hydrogens is 258 g/mol. The molecule has 0 unspecified atom stereocenters. The van der Waals surface area contributed by atoms with Gasteiger partial charge in [0, 0.05) is 0 Å². The normalized spacial score (nSPS) is 11.4. The average Bonchev–Trinajstić information content (AvgIpc) is 2.92. The van der Waals surface area contributed by atoms with Crippen molar-refractivity contribution in [2.75, 3.05) is 7.11 Å². The summed E-state index contributed by atoms with van der Waals surface area (Å²) in [4.78, 5) is 11.9. The monoisotopic (exact) mass is 271 g/mol. The first-order valence-electron chi connectivity index (χ1n) is 5.95. The van der Waals surface area contributed by atoms with Gasteiger partial charge in [0.05, 0.1) is 19.0 Å². The van der Waals surface area contributed by atoms with Crippen LogP contribution in [0.1, 0.15) is 17.4 Å². The van der Waals surface area contributed by atoms with E-state index in [2.05, 4.69) is 5.10 Å². The van der Waals surface area contributed by atoms with E-state index in [0.29, 0.717) is 5.75 Å². The van der Waals surface area contributed by atoms with E-state index in [1.807, 2.05) is 36.4 Å². The number of nitriles is 1. The van der Waals surface area contributed by atoms with Crippen LogP contribution in [0.15, 0.2) is 36.5 Å². The van der Waals surface area contributed by atoms with Crippen LogP contribution in [0.5, 0.6) is 5.75 Å². The van der Waals surface area contributed by atoms with Crippen LogP contribution in [0.2, 0.25) is 0 Å². The van der Waals surface area contributed by atoms with Crippen LogP contribution >= 0.6 is 0 Å². The van der Waals surface area contributed by atoms with Gasteiger partial charge in [-0.2, -0.15) is 10.4 Å². The van der Waals surface area contributed by atoms with E-state index in [-0.39, 0.29) is 5.69 Å². The molecule has 20 heavy (non-hydrogen) atoms. The van der Waals surface area contributed by atoms with Gasteiger partial charge in [0.15, 0.2) is 11.9 Å². The average molecular weight is 271 g/mol. The van der Waals surface area contributed by atoms with Gasteiger partial charge in [-0.05, 0) is 19.1 Å². The second kappa shape index (κ2) is 5.89. The van der Waals surface area contributed by atoms with E-state index in [4.69, 9.17) is 14.7 Å². The predicted octanol–water partition coefficient (Wildman–Crippen LogP) is 1.95. The molecule has 1 aromatic heterocycles. The topological polar surface area (TPSA) is 77.1 Å². The number of carbonyl (C=O) groups is 1. The number of ether oxygens (including phenoxy) is 2. The lowest BCUT2D eigenvalue weighted by Gasteiger charge is -2.04. The Bertz CT molecular complexity index is 643. The Hall–Kier alpha value is -2.81. The maximum absolute atomic E-state index is 11.9. The minimum Gasteiger partial charge on any atom is -0.493 e. The predicted molar refractivity (Wildman–Crippen MR) is 70.6 cm³/mol. The summed E-state index contributed by atoms with van der Waals surface area (Å²) in [6.45, 7) is 1.48. The molecule has 6 heteroatoms. The SMILES string of the molecule is COc1cn(-c2ccccc2)nc1C(=O)O[C@H](C)C#N. The third-order valence-electron chi connectivity index (χ3n) is 2.58. The van der Waals surface area contributed by atoms with Gasteiger partial charge in [-0.25, -0.2) is 9.48 Å². The van der Waals surface area contributed by atoms with E-state index >= 15 is 0 Å². The van der Waals surface area contributed by atoms with Gasteiger partial charge in [0.25, 0.3) is 0 Å². The Kier molecular flexibility index (Phi) is 4.01. The number of hydrogen-bond donors (Lipinski definition) is 0. The maximum Gasteiger partial charge on any atom is 0.364 e. The van der Waals surface area contributed by atoms with Gasteiger partial charge in [-0.15, -0.1) is 0 Å². The Balaban J connectivity index is 2.33. The quantitative estimate of drug-likeness (QED) is 0.794. The first-order chi connectivity index (χ1) is 9.65. The second-order valence-electron chi connectivity index (χ2n) is 4.00. The van der Waals surface area contributed by atoms with Crippen molar-refractivity contribution in [1.29, 1.82) is 5.26 Å². The fraction of sp³-hybridized carbons (Fsp3) is 0.214. The van der Waals surface area contributed by atoms with Gasteiger partial charge < -0.3 is 9.47 Å². The van der Waals surface area contributed by atoms with Crippen LogP contribution < -0.4 is 4.74 Å². The Morgan fingerprint density at radius 2 is 2.10 bits per heavy atom. The zero-order valence-electron chi connectivity index (χ0n) is 11.1. The van der Waals surface area contributed by atoms with Crippen molar-refractivity contribution in [3.05, 3.63) is 42.2 Å². The van der Waals surface area contributed by atoms with Crippen molar-refractivity contribution >= 4 is 5.97 Å². The standard InChI is InChI=1S/C14H13N3O3/c1-10(8-15)20-14(18)13-12(19-2)9-17(16-13)11-6-4-3-5-7-11/h3-7,9-10H,1-2H3/t10-/m1/s1. The number of benzene rings is 1. The smallest absolute Gasteiger partial charge is 0.364 e. The van der Waals surface area contributed by atoms with Crippen LogP contribution in [-0.2, 0) is 4.74 Å². The molecule has 0 aliphatic heterocycles.